The summed E-state index contributed by atoms with van der Waals surface area (Å²) < 4.78 is 7.74. The highest BCUT2D eigenvalue weighted by molar-refractivity contribution is 7.99. The van der Waals surface area contributed by atoms with Crippen LogP contribution in [0.4, 0.5) is 0 Å². The van der Waals surface area contributed by atoms with E-state index in [9.17, 15) is 0 Å². The van der Waals surface area contributed by atoms with Gasteiger partial charge in [-0.2, -0.15) is 0 Å². The Morgan fingerprint density at radius 2 is 1.95 bits per heavy atom. The van der Waals surface area contributed by atoms with Crippen LogP contribution in [0, 0.1) is 6.92 Å². The summed E-state index contributed by atoms with van der Waals surface area (Å²) in [6.45, 7) is 2.69. The second-order valence-electron chi connectivity index (χ2n) is 4.83. The molecule has 3 aromatic rings. The van der Waals surface area contributed by atoms with Crippen LogP contribution in [0.25, 0.3) is 5.69 Å². The molecule has 1 aromatic heterocycles. The molecule has 0 bridgehead atoms. The van der Waals surface area contributed by atoms with Gasteiger partial charge in [0.25, 0.3) is 0 Å². The molecule has 112 valence electrons. The molecule has 22 heavy (non-hydrogen) atoms. The van der Waals surface area contributed by atoms with E-state index in [0.29, 0.717) is 6.61 Å². The Kier molecular flexibility index (Phi) is 4.75. The van der Waals surface area contributed by atoms with Gasteiger partial charge in [0.2, 0.25) is 0 Å². The third kappa shape index (κ3) is 3.68. The van der Waals surface area contributed by atoms with E-state index in [4.69, 9.17) is 4.74 Å². The molecule has 5 heteroatoms. The summed E-state index contributed by atoms with van der Waals surface area (Å²) >= 11 is 1.64. The number of hydrogen-bond donors (Lipinski definition) is 0. The number of aromatic nitrogens is 3. The minimum atomic E-state index is 0.635. The number of para-hydroxylation sites is 1. The molecule has 0 atom stereocenters. The van der Waals surface area contributed by atoms with E-state index in [2.05, 4.69) is 23.2 Å². The Hall–Kier alpha value is -2.27. The molecule has 0 fully saturated rings. The van der Waals surface area contributed by atoms with Crippen molar-refractivity contribution in [2.75, 3.05) is 12.4 Å². The maximum absolute atomic E-state index is 5.75. The van der Waals surface area contributed by atoms with Crippen LogP contribution in [0.2, 0.25) is 0 Å². The predicted molar refractivity (Wildman–Crippen MR) is 88.8 cm³/mol. The number of aryl methyl sites for hydroxylation is 1. The van der Waals surface area contributed by atoms with Crippen molar-refractivity contribution in [3.8, 4) is 11.4 Å². The molecule has 0 aliphatic heterocycles. The third-order valence-corrected chi connectivity index (χ3v) is 4.03. The van der Waals surface area contributed by atoms with Gasteiger partial charge in [-0.05, 0) is 36.8 Å². The number of hydrogen-bond acceptors (Lipinski definition) is 4. The number of ether oxygens (including phenoxy) is 1. The van der Waals surface area contributed by atoms with Crippen molar-refractivity contribution >= 4 is 11.8 Å². The molecule has 0 aliphatic carbocycles. The maximum atomic E-state index is 5.75. The van der Waals surface area contributed by atoms with Crippen molar-refractivity contribution in [2.45, 2.75) is 12.1 Å². The predicted octanol–water partition coefficient (Wildman–Crippen LogP) is 3.75. The second kappa shape index (κ2) is 7.13. The van der Waals surface area contributed by atoms with Gasteiger partial charge in [0, 0.05) is 11.4 Å². The van der Waals surface area contributed by atoms with Crippen molar-refractivity contribution < 1.29 is 4.74 Å². The van der Waals surface area contributed by atoms with Gasteiger partial charge in [0.15, 0.2) is 5.16 Å². The lowest BCUT2D eigenvalue weighted by Gasteiger charge is -2.08. The van der Waals surface area contributed by atoms with Crippen molar-refractivity contribution in [3.05, 3.63) is 66.5 Å². The third-order valence-electron chi connectivity index (χ3n) is 3.12. The van der Waals surface area contributed by atoms with Gasteiger partial charge in [-0.1, -0.05) is 42.1 Å². The smallest absolute Gasteiger partial charge is 0.195 e. The van der Waals surface area contributed by atoms with Crippen molar-refractivity contribution in [3.63, 3.8) is 0 Å². The Bertz CT molecular complexity index is 728. The SMILES string of the molecule is Cc1cccc(OCCSc2nncn2-c2ccccc2)c1. The minimum absolute atomic E-state index is 0.635. The fraction of sp³-hybridized carbons (Fsp3) is 0.176. The Morgan fingerprint density at radius 1 is 1.09 bits per heavy atom. The molecule has 0 spiro atoms. The van der Waals surface area contributed by atoms with Crippen LogP contribution < -0.4 is 4.74 Å². The molecular formula is C17H17N3OS. The lowest BCUT2D eigenvalue weighted by molar-refractivity contribution is 0.343. The highest BCUT2D eigenvalue weighted by Crippen LogP contribution is 2.19. The second-order valence-corrected chi connectivity index (χ2v) is 5.89. The first kappa shape index (κ1) is 14.7. The molecular weight excluding hydrogens is 294 g/mol. The lowest BCUT2D eigenvalue weighted by Crippen LogP contribution is -2.02. The number of nitrogens with zero attached hydrogens (tertiary/aromatic N) is 3. The molecule has 4 nitrogen and oxygen atoms in total. The largest absolute Gasteiger partial charge is 0.493 e. The Balaban J connectivity index is 1.56. The topological polar surface area (TPSA) is 39.9 Å². The first-order valence-electron chi connectivity index (χ1n) is 7.10. The van der Waals surface area contributed by atoms with Crippen molar-refractivity contribution in [1.29, 1.82) is 0 Å². The maximum Gasteiger partial charge on any atom is 0.195 e. The normalized spacial score (nSPS) is 10.6. The first-order valence-corrected chi connectivity index (χ1v) is 8.09. The monoisotopic (exact) mass is 311 g/mol. The fourth-order valence-electron chi connectivity index (χ4n) is 2.09. The van der Waals surface area contributed by atoms with Gasteiger partial charge in [0.1, 0.15) is 12.1 Å². The van der Waals surface area contributed by atoms with E-state index in [0.717, 1.165) is 22.3 Å². The Labute approximate surface area is 134 Å². The van der Waals surface area contributed by atoms with E-state index < -0.39 is 0 Å². The van der Waals surface area contributed by atoms with Crippen LogP contribution in [-0.4, -0.2) is 27.1 Å². The number of rotatable bonds is 6. The molecule has 0 N–H and O–H groups in total. The summed E-state index contributed by atoms with van der Waals surface area (Å²) in [6, 6.07) is 18.2. The van der Waals surface area contributed by atoms with E-state index >= 15 is 0 Å². The average molecular weight is 311 g/mol. The van der Waals surface area contributed by atoms with Gasteiger partial charge in [-0.3, -0.25) is 4.57 Å². The van der Waals surface area contributed by atoms with Crippen LogP contribution in [0.1, 0.15) is 5.56 Å². The molecule has 2 aromatic carbocycles. The standard InChI is InChI=1S/C17H17N3OS/c1-14-6-5-9-16(12-14)21-10-11-22-17-19-18-13-20(17)15-7-3-2-4-8-15/h2-9,12-13H,10-11H2,1H3. The van der Waals surface area contributed by atoms with Gasteiger partial charge in [-0.25, -0.2) is 0 Å². The molecule has 1 heterocycles. The van der Waals surface area contributed by atoms with Crippen LogP contribution in [0.15, 0.2) is 66.1 Å². The van der Waals surface area contributed by atoms with E-state index in [1.807, 2.05) is 53.1 Å². The van der Waals surface area contributed by atoms with E-state index in [1.54, 1.807) is 18.1 Å². The number of benzene rings is 2. The van der Waals surface area contributed by atoms with Crippen LogP contribution in [0.3, 0.4) is 0 Å². The van der Waals surface area contributed by atoms with Crippen LogP contribution in [-0.2, 0) is 0 Å². The zero-order valence-electron chi connectivity index (χ0n) is 12.3. The zero-order valence-corrected chi connectivity index (χ0v) is 13.2. The van der Waals surface area contributed by atoms with Crippen molar-refractivity contribution in [2.24, 2.45) is 0 Å². The molecule has 0 unspecified atom stereocenters. The Morgan fingerprint density at radius 3 is 2.77 bits per heavy atom. The highest BCUT2D eigenvalue weighted by atomic mass is 32.2. The van der Waals surface area contributed by atoms with Gasteiger partial charge in [0.05, 0.1) is 6.61 Å². The van der Waals surface area contributed by atoms with E-state index in [1.165, 1.54) is 5.56 Å². The average Bonchev–Trinajstić information content (AvgIpc) is 3.01. The summed E-state index contributed by atoms with van der Waals surface area (Å²) in [4.78, 5) is 0. The quantitative estimate of drug-likeness (QED) is 0.513. The van der Waals surface area contributed by atoms with Gasteiger partial charge >= 0.3 is 0 Å². The van der Waals surface area contributed by atoms with Crippen molar-refractivity contribution in [1.82, 2.24) is 14.8 Å². The molecule has 0 aliphatic rings. The summed E-state index contributed by atoms with van der Waals surface area (Å²) in [5.74, 6) is 1.73. The number of thioether (sulfide) groups is 1. The van der Waals surface area contributed by atoms with Crippen LogP contribution in [0.5, 0.6) is 5.75 Å². The molecule has 0 saturated heterocycles. The van der Waals surface area contributed by atoms with Crippen LogP contribution >= 0.6 is 11.8 Å². The fourth-order valence-corrected chi connectivity index (χ4v) is 2.83. The first-order chi connectivity index (χ1) is 10.8. The molecule has 0 saturated carbocycles. The van der Waals surface area contributed by atoms with E-state index in [-0.39, 0.29) is 0 Å². The summed E-state index contributed by atoms with van der Waals surface area (Å²) in [6.07, 6.45) is 1.74. The van der Waals surface area contributed by atoms with Gasteiger partial charge < -0.3 is 4.74 Å². The molecule has 3 rings (SSSR count). The zero-order chi connectivity index (χ0) is 15.2. The summed E-state index contributed by atoms with van der Waals surface area (Å²) in [5.41, 5.74) is 2.27. The summed E-state index contributed by atoms with van der Waals surface area (Å²) in [5, 5.41) is 9.04. The highest BCUT2D eigenvalue weighted by Gasteiger charge is 2.06. The minimum Gasteiger partial charge on any atom is -0.493 e. The lowest BCUT2D eigenvalue weighted by atomic mass is 10.2. The van der Waals surface area contributed by atoms with Gasteiger partial charge in [-0.15, -0.1) is 10.2 Å². The summed E-state index contributed by atoms with van der Waals surface area (Å²) in [7, 11) is 0. The molecule has 0 amide bonds. The molecule has 0 radical (unpaired) electrons.